The summed E-state index contributed by atoms with van der Waals surface area (Å²) in [4.78, 5) is 17.4. The van der Waals surface area contributed by atoms with Crippen LogP contribution in [0, 0.1) is 5.92 Å². The average Bonchev–Trinajstić information content (AvgIpc) is 3.55. The highest BCUT2D eigenvalue weighted by Crippen LogP contribution is 2.47. The smallest absolute Gasteiger partial charge is 0.228 e. The van der Waals surface area contributed by atoms with Gasteiger partial charge < -0.3 is 15.0 Å². The minimum atomic E-state index is 0.0993. The van der Waals surface area contributed by atoms with Crippen LogP contribution < -0.4 is 10.2 Å². The number of hydrogen-bond donors (Lipinski definition) is 1. The molecule has 0 bridgehead atoms. The molecule has 28 heavy (non-hydrogen) atoms. The summed E-state index contributed by atoms with van der Waals surface area (Å²) in [5.41, 5.74) is 3.37. The molecule has 1 aliphatic carbocycles. The fraction of sp³-hybridized carbons (Fsp3) is 0.435. The summed E-state index contributed by atoms with van der Waals surface area (Å²) in [6.07, 6.45) is 0.946. The number of piperazine rings is 1. The summed E-state index contributed by atoms with van der Waals surface area (Å²) >= 11 is 0. The van der Waals surface area contributed by atoms with Crippen LogP contribution in [0.15, 0.2) is 54.6 Å². The summed E-state index contributed by atoms with van der Waals surface area (Å²) < 4.78 is 5.16. The van der Waals surface area contributed by atoms with Crippen molar-refractivity contribution in [1.29, 1.82) is 0 Å². The lowest BCUT2D eigenvalue weighted by Gasteiger charge is -2.36. The molecule has 1 saturated heterocycles. The molecule has 5 heteroatoms. The summed E-state index contributed by atoms with van der Waals surface area (Å²) in [6, 6.07) is 18.6. The van der Waals surface area contributed by atoms with Gasteiger partial charge in [-0.3, -0.25) is 9.69 Å². The minimum Gasteiger partial charge on any atom is -0.383 e. The van der Waals surface area contributed by atoms with Crippen molar-refractivity contribution in [3.63, 3.8) is 0 Å². The van der Waals surface area contributed by atoms with Crippen LogP contribution in [0.5, 0.6) is 0 Å². The molecule has 2 unspecified atom stereocenters. The van der Waals surface area contributed by atoms with E-state index in [1.54, 1.807) is 7.11 Å². The van der Waals surface area contributed by atoms with E-state index in [0.29, 0.717) is 5.92 Å². The van der Waals surface area contributed by atoms with Crippen LogP contribution in [0.4, 0.5) is 11.4 Å². The van der Waals surface area contributed by atoms with Gasteiger partial charge in [-0.2, -0.15) is 0 Å². The Balaban J connectivity index is 1.27. The molecule has 2 aromatic carbocycles. The maximum atomic E-state index is 12.5. The molecule has 1 heterocycles. The maximum absolute atomic E-state index is 12.5. The second-order valence-corrected chi connectivity index (χ2v) is 7.72. The number of carbonyl (C=O) groups excluding carboxylic acids is 1. The van der Waals surface area contributed by atoms with E-state index in [9.17, 15) is 4.79 Å². The van der Waals surface area contributed by atoms with Crippen molar-refractivity contribution in [3.8, 4) is 0 Å². The van der Waals surface area contributed by atoms with E-state index in [4.69, 9.17) is 4.74 Å². The van der Waals surface area contributed by atoms with Gasteiger partial charge >= 0.3 is 0 Å². The van der Waals surface area contributed by atoms with Gasteiger partial charge in [-0.05, 0) is 42.2 Å². The van der Waals surface area contributed by atoms with Crippen LogP contribution in [-0.2, 0) is 9.53 Å². The zero-order chi connectivity index (χ0) is 19.3. The maximum Gasteiger partial charge on any atom is 0.228 e. The van der Waals surface area contributed by atoms with Crippen molar-refractivity contribution in [2.45, 2.75) is 12.3 Å². The molecule has 2 fully saturated rings. The number of anilines is 2. The summed E-state index contributed by atoms with van der Waals surface area (Å²) in [5, 5.41) is 3.08. The zero-order valence-corrected chi connectivity index (χ0v) is 16.5. The van der Waals surface area contributed by atoms with E-state index in [2.05, 4.69) is 39.4 Å². The molecular formula is C23H29N3O2. The van der Waals surface area contributed by atoms with E-state index in [-0.39, 0.29) is 11.8 Å². The van der Waals surface area contributed by atoms with Crippen molar-refractivity contribution in [2.75, 3.05) is 56.7 Å². The van der Waals surface area contributed by atoms with Crippen molar-refractivity contribution in [3.05, 3.63) is 60.2 Å². The summed E-state index contributed by atoms with van der Waals surface area (Å²) in [7, 11) is 1.75. The van der Waals surface area contributed by atoms with Gasteiger partial charge in [0, 0.05) is 57.1 Å². The van der Waals surface area contributed by atoms with E-state index in [0.717, 1.165) is 51.4 Å². The van der Waals surface area contributed by atoms with Gasteiger partial charge in [-0.15, -0.1) is 0 Å². The van der Waals surface area contributed by atoms with Crippen molar-refractivity contribution in [1.82, 2.24) is 4.90 Å². The number of nitrogens with zero attached hydrogens (tertiary/aromatic N) is 2. The third-order valence-electron chi connectivity index (χ3n) is 5.84. The molecular weight excluding hydrogens is 350 g/mol. The van der Waals surface area contributed by atoms with Crippen LogP contribution in [0.25, 0.3) is 0 Å². The minimum absolute atomic E-state index is 0.0993. The SMILES string of the molecule is COCCN1CCN(c2ccc(NC(=O)C3CC3c3ccccc3)cc2)CC1. The van der Waals surface area contributed by atoms with Gasteiger partial charge in [0.25, 0.3) is 0 Å². The highest BCUT2D eigenvalue weighted by molar-refractivity contribution is 5.95. The Kier molecular flexibility index (Phi) is 5.93. The molecule has 1 saturated carbocycles. The molecule has 4 rings (SSSR count). The molecule has 0 aromatic heterocycles. The topological polar surface area (TPSA) is 44.8 Å². The van der Waals surface area contributed by atoms with Gasteiger partial charge in [0.1, 0.15) is 0 Å². The first-order valence-corrected chi connectivity index (χ1v) is 10.2. The van der Waals surface area contributed by atoms with Crippen LogP contribution in [0.1, 0.15) is 17.9 Å². The number of benzene rings is 2. The molecule has 1 N–H and O–H groups in total. The second kappa shape index (κ2) is 8.76. The van der Waals surface area contributed by atoms with Gasteiger partial charge in [-0.1, -0.05) is 30.3 Å². The first-order chi connectivity index (χ1) is 13.7. The Morgan fingerprint density at radius 3 is 2.43 bits per heavy atom. The lowest BCUT2D eigenvalue weighted by molar-refractivity contribution is -0.117. The Labute approximate surface area is 167 Å². The third kappa shape index (κ3) is 4.54. The number of rotatable bonds is 7. The average molecular weight is 380 g/mol. The predicted molar refractivity (Wildman–Crippen MR) is 113 cm³/mol. The molecule has 0 radical (unpaired) electrons. The highest BCUT2D eigenvalue weighted by Gasteiger charge is 2.43. The van der Waals surface area contributed by atoms with Gasteiger partial charge in [0.05, 0.1) is 6.61 Å². The largest absolute Gasteiger partial charge is 0.383 e. The van der Waals surface area contributed by atoms with E-state index in [1.807, 2.05) is 30.3 Å². The zero-order valence-electron chi connectivity index (χ0n) is 16.5. The van der Waals surface area contributed by atoms with Crippen LogP contribution in [0.3, 0.4) is 0 Å². The van der Waals surface area contributed by atoms with Crippen LogP contribution in [0.2, 0.25) is 0 Å². The molecule has 1 amide bonds. The normalized spacial score (nSPS) is 22.1. The van der Waals surface area contributed by atoms with Gasteiger partial charge in [0.2, 0.25) is 5.91 Å². The second-order valence-electron chi connectivity index (χ2n) is 7.72. The van der Waals surface area contributed by atoms with E-state index < -0.39 is 0 Å². The summed E-state index contributed by atoms with van der Waals surface area (Å²) in [5.74, 6) is 0.602. The number of ether oxygens (including phenoxy) is 1. The Morgan fingerprint density at radius 2 is 1.75 bits per heavy atom. The Morgan fingerprint density at radius 1 is 1.04 bits per heavy atom. The van der Waals surface area contributed by atoms with Crippen molar-refractivity contribution >= 4 is 17.3 Å². The first-order valence-electron chi connectivity index (χ1n) is 10.2. The van der Waals surface area contributed by atoms with E-state index in [1.165, 1.54) is 11.3 Å². The predicted octanol–water partition coefficient (Wildman–Crippen LogP) is 3.20. The fourth-order valence-electron chi connectivity index (χ4n) is 3.99. The molecule has 5 nitrogen and oxygen atoms in total. The molecule has 2 aliphatic rings. The van der Waals surface area contributed by atoms with E-state index >= 15 is 0 Å². The Hall–Kier alpha value is -2.37. The number of amides is 1. The fourth-order valence-corrected chi connectivity index (χ4v) is 3.99. The third-order valence-corrected chi connectivity index (χ3v) is 5.84. The lowest BCUT2D eigenvalue weighted by atomic mass is 10.1. The molecule has 1 aliphatic heterocycles. The molecule has 2 atom stereocenters. The highest BCUT2D eigenvalue weighted by atomic mass is 16.5. The number of hydrogen-bond acceptors (Lipinski definition) is 4. The lowest BCUT2D eigenvalue weighted by Crippen LogP contribution is -2.47. The first kappa shape index (κ1) is 19.0. The number of methoxy groups -OCH3 is 1. The van der Waals surface area contributed by atoms with Crippen LogP contribution >= 0.6 is 0 Å². The Bertz CT molecular complexity index is 770. The standard InChI is InChI=1S/C23H29N3O2/c1-28-16-15-25-11-13-26(14-12-25)20-9-7-19(8-10-20)24-23(27)22-17-21(22)18-5-3-2-4-6-18/h2-10,21-22H,11-17H2,1H3,(H,24,27). The quantitative estimate of drug-likeness (QED) is 0.802. The van der Waals surface area contributed by atoms with Crippen molar-refractivity contribution in [2.24, 2.45) is 5.92 Å². The molecule has 2 aromatic rings. The van der Waals surface area contributed by atoms with Gasteiger partial charge in [-0.25, -0.2) is 0 Å². The number of nitrogens with one attached hydrogen (secondary N) is 1. The van der Waals surface area contributed by atoms with Crippen LogP contribution in [-0.4, -0.2) is 57.2 Å². The van der Waals surface area contributed by atoms with Gasteiger partial charge in [0.15, 0.2) is 0 Å². The monoisotopic (exact) mass is 379 g/mol. The molecule has 148 valence electrons. The molecule has 0 spiro atoms. The summed E-state index contributed by atoms with van der Waals surface area (Å²) in [6.45, 7) is 5.96. The number of carbonyl (C=O) groups is 1. The van der Waals surface area contributed by atoms with Crippen molar-refractivity contribution < 1.29 is 9.53 Å².